The first-order valence-corrected chi connectivity index (χ1v) is 20.7. The summed E-state index contributed by atoms with van der Waals surface area (Å²) in [5, 5.41) is 4.81. The van der Waals surface area contributed by atoms with Crippen LogP contribution in [0.25, 0.3) is 43.8 Å². The monoisotopic (exact) mass is 758 g/mol. The summed E-state index contributed by atoms with van der Waals surface area (Å²) in [6.07, 6.45) is 0. The van der Waals surface area contributed by atoms with Gasteiger partial charge in [-0.1, -0.05) is 161 Å². The second-order valence-electron chi connectivity index (χ2n) is 17.3. The van der Waals surface area contributed by atoms with Gasteiger partial charge in [-0.2, -0.15) is 0 Å². The molecule has 0 N–H and O–H groups in total. The molecule has 2 aliphatic heterocycles. The topological polar surface area (TPSA) is 15.7 Å². The molecule has 0 saturated heterocycles. The maximum Gasteiger partial charge on any atom is 0.152 e. The molecule has 0 bridgehead atoms. The number of hydrogen-bond donors (Lipinski definition) is 0. The summed E-state index contributed by atoms with van der Waals surface area (Å²) in [6, 6.07) is 66.8. The number of hydrogen-bond acceptors (Lipinski definition) is 3. The van der Waals surface area contributed by atoms with Gasteiger partial charge in [0.25, 0.3) is 0 Å². The number of rotatable bonds is 4. The van der Waals surface area contributed by atoms with Crippen LogP contribution in [0, 0.1) is 0 Å². The molecule has 282 valence electrons. The summed E-state index contributed by atoms with van der Waals surface area (Å²) in [6.45, 7) is 9.45. The van der Waals surface area contributed by atoms with Gasteiger partial charge in [0.1, 0.15) is 0 Å². The van der Waals surface area contributed by atoms with Crippen molar-refractivity contribution in [2.45, 2.75) is 38.5 Å². The van der Waals surface area contributed by atoms with E-state index in [1.807, 2.05) is 0 Å². The fourth-order valence-corrected chi connectivity index (χ4v) is 10.6. The van der Waals surface area contributed by atoms with Crippen LogP contribution in [-0.4, -0.2) is 0 Å². The molecule has 3 heteroatoms. The average Bonchev–Trinajstić information content (AvgIpc) is 3.50. The summed E-state index contributed by atoms with van der Waals surface area (Å²) < 4.78 is 6.83. The summed E-state index contributed by atoms with van der Waals surface area (Å²) in [4.78, 5) is 4.92. The Hall–Kier alpha value is -7.10. The van der Waals surface area contributed by atoms with Crippen molar-refractivity contribution in [3.63, 3.8) is 0 Å². The lowest BCUT2D eigenvalue weighted by Gasteiger charge is -2.46. The fourth-order valence-electron chi connectivity index (χ4n) is 10.6. The average molecular weight is 759 g/mol. The first kappa shape index (κ1) is 34.0. The van der Waals surface area contributed by atoms with E-state index in [1.54, 1.807) is 0 Å². The van der Waals surface area contributed by atoms with Crippen LogP contribution in [-0.2, 0) is 10.8 Å². The van der Waals surface area contributed by atoms with Crippen molar-refractivity contribution in [3.8, 4) is 33.8 Å². The second-order valence-corrected chi connectivity index (χ2v) is 17.3. The Bertz CT molecular complexity index is 3200. The molecular weight excluding hydrogens is 717 g/mol. The van der Waals surface area contributed by atoms with Crippen LogP contribution in [0.3, 0.4) is 0 Å². The van der Waals surface area contributed by atoms with Gasteiger partial charge in [-0.15, -0.1) is 0 Å². The predicted octanol–water partition coefficient (Wildman–Crippen LogP) is 15.7. The SMILES string of the molecule is CC1(C)c2ccccc2-c2ccc(N(c3ccc(-c4ccc5c6c4C(C)(C)c4ccccc4N6c4c(ccc6ccccc46)O5)cc3)c3cccc4ccccc34)cc21. The molecule has 0 spiro atoms. The van der Waals surface area contributed by atoms with E-state index >= 15 is 0 Å². The zero-order valence-corrected chi connectivity index (χ0v) is 33.6. The van der Waals surface area contributed by atoms with E-state index in [1.165, 1.54) is 71.7 Å². The molecule has 3 nitrogen and oxygen atoms in total. The van der Waals surface area contributed by atoms with Crippen molar-refractivity contribution >= 4 is 55.7 Å². The molecule has 0 amide bonds. The molecule has 0 unspecified atom stereocenters. The highest BCUT2D eigenvalue weighted by Gasteiger charge is 2.44. The molecule has 3 aliphatic rings. The highest BCUT2D eigenvalue weighted by atomic mass is 16.5. The van der Waals surface area contributed by atoms with Crippen molar-refractivity contribution in [1.82, 2.24) is 0 Å². The van der Waals surface area contributed by atoms with Crippen molar-refractivity contribution < 1.29 is 4.74 Å². The van der Waals surface area contributed by atoms with Gasteiger partial charge in [-0.3, -0.25) is 0 Å². The van der Waals surface area contributed by atoms with E-state index in [9.17, 15) is 0 Å². The molecule has 0 fully saturated rings. The smallest absolute Gasteiger partial charge is 0.152 e. The van der Waals surface area contributed by atoms with Crippen LogP contribution >= 0.6 is 0 Å². The van der Waals surface area contributed by atoms with Crippen LogP contribution in [0.15, 0.2) is 182 Å². The molecule has 59 heavy (non-hydrogen) atoms. The molecule has 9 aromatic rings. The summed E-state index contributed by atoms with van der Waals surface area (Å²) in [7, 11) is 0. The van der Waals surface area contributed by atoms with Gasteiger partial charge in [0.05, 0.1) is 22.7 Å². The van der Waals surface area contributed by atoms with Crippen molar-refractivity contribution in [2.24, 2.45) is 0 Å². The van der Waals surface area contributed by atoms with E-state index < -0.39 is 0 Å². The quantitative estimate of drug-likeness (QED) is 0.178. The maximum absolute atomic E-state index is 6.83. The number of fused-ring (bicyclic) bond motifs is 10. The van der Waals surface area contributed by atoms with Gasteiger partial charge in [-0.05, 0) is 104 Å². The molecule has 0 aromatic heterocycles. The number of para-hydroxylation sites is 1. The number of anilines is 6. The van der Waals surface area contributed by atoms with Gasteiger partial charge < -0.3 is 14.5 Å². The minimum absolute atomic E-state index is 0.111. The van der Waals surface area contributed by atoms with Crippen LogP contribution in [0.5, 0.6) is 11.5 Å². The lowest BCUT2D eigenvalue weighted by atomic mass is 9.70. The van der Waals surface area contributed by atoms with Gasteiger partial charge >= 0.3 is 0 Å². The molecule has 2 heterocycles. The van der Waals surface area contributed by atoms with E-state index in [0.717, 1.165) is 39.9 Å². The zero-order valence-electron chi connectivity index (χ0n) is 33.6. The standard InChI is InChI=1S/C56H42N2O/c1-55(2)45-20-10-9-19-43(45)44-30-29-39(34-47(44)55)57(48-23-13-16-35-14-5-7-17-40(35)48)38-27-24-37(25-28-38)41-31-33-51-54-52(41)56(3,4)46-21-11-12-22-49(46)58(54)53-42-18-8-6-15-36(42)26-32-50(53)59-51/h5-34H,1-4H3. The first-order chi connectivity index (χ1) is 28.8. The minimum atomic E-state index is -0.304. The van der Waals surface area contributed by atoms with E-state index in [2.05, 4.69) is 219 Å². The largest absolute Gasteiger partial charge is 0.453 e. The van der Waals surface area contributed by atoms with Crippen molar-refractivity contribution in [3.05, 3.63) is 204 Å². The number of nitrogens with zero attached hydrogens (tertiary/aromatic N) is 2. The lowest BCUT2D eigenvalue weighted by Crippen LogP contribution is -2.33. The highest BCUT2D eigenvalue weighted by Crippen LogP contribution is 2.63. The van der Waals surface area contributed by atoms with Crippen LogP contribution < -0.4 is 14.5 Å². The third kappa shape index (κ3) is 4.76. The molecule has 0 saturated carbocycles. The minimum Gasteiger partial charge on any atom is -0.453 e. The van der Waals surface area contributed by atoms with Crippen LogP contribution in [0.1, 0.15) is 49.9 Å². The van der Waals surface area contributed by atoms with Crippen molar-refractivity contribution in [1.29, 1.82) is 0 Å². The third-order valence-electron chi connectivity index (χ3n) is 13.4. The number of benzene rings is 9. The molecule has 0 radical (unpaired) electrons. The van der Waals surface area contributed by atoms with E-state index in [4.69, 9.17) is 4.74 Å². The molecule has 0 atom stereocenters. The second kappa shape index (κ2) is 12.2. The molecular formula is C56H42N2O. The van der Waals surface area contributed by atoms with Crippen LogP contribution in [0.4, 0.5) is 34.1 Å². The summed E-state index contributed by atoms with van der Waals surface area (Å²) in [5.74, 6) is 1.76. The Balaban J connectivity index is 1.04. The number of ether oxygens (including phenoxy) is 1. The van der Waals surface area contributed by atoms with Crippen LogP contribution in [0.2, 0.25) is 0 Å². The maximum atomic E-state index is 6.83. The third-order valence-corrected chi connectivity index (χ3v) is 13.4. The van der Waals surface area contributed by atoms with Crippen molar-refractivity contribution in [2.75, 3.05) is 9.80 Å². The van der Waals surface area contributed by atoms with E-state index in [-0.39, 0.29) is 10.8 Å². The Morgan fingerprint density at radius 1 is 0.441 bits per heavy atom. The first-order valence-electron chi connectivity index (χ1n) is 20.7. The Kier molecular flexibility index (Phi) is 7.03. The fraction of sp³-hybridized carbons (Fsp3) is 0.107. The van der Waals surface area contributed by atoms with Gasteiger partial charge in [0.15, 0.2) is 11.5 Å². The lowest BCUT2D eigenvalue weighted by molar-refractivity contribution is 0.472. The molecule has 9 aromatic carbocycles. The van der Waals surface area contributed by atoms with Gasteiger partial charge in [-0.25, -0.2) is 0 Å². The van der Waals surface area contributed by atoms with Gasteiger partial charge in [0.2, 0.25) is 0 Å². The molecule has 12 rings (SSSR count). The summed E-state index contributed by atoms with van der Waals surface area (Å²) >= 11 is 0. The van der Waals surface area contributed by atoms with Gasteiger partial charge in [0, 0.05) is 33.0 Å². The Morgan fingerprint density at radius 3 is 1.88 bits per heavy atom. The normalized spacial score (nSPS) is 14.8. The van der Waals surface area contributed by atoms with E-state index in [0.29, 0.717) is 0 Å². The zero-order chi connectivity index (χ0) is 39.6. The molecule has 1 aliphatic carbocycles. The Labute approximate surface area is 345 Å². The highest BCUT2D eigenvalue weighted by molar-refractivity contribution is 6.07. The predicted molar refractivity (Wildman–Crippen MR) is 246 cm³/mol. The summed E-state index contributed by atoms with van der Waals surface area (Å²) in [5.41, 5.74) is 16.8. The Morgan fingerprint density at radius 2 is 1.05 bits per heavy atom.